The van der Waals surface area contributed by atoms with Crippen molar-refractivity contribution < 1.29 is 4.79 Å². The molecule has 27 heavy (non-hydrogen) atoms. The molecule has 0 spiro atoms. The summed E-state index contributed by atoms with van der Waals surface area (Å²) in [6.45, 7) is 6.77. The number of rotatable bonds is 6. The highest BCUT2D eigenvalue weighted by atomic mass is 16.1. The summed E-state index contributed by atoms with van der Waals surface area (Å²) in [6.07, 6.45) is 3.95. The minimum absolute atomic E-state index is 0.204. The molecule has 0 aliphatic carbocycles. The van der Waals surface area contributed by atoms with Crippen LogP contribution in [0.25, 0.3) is 0 Å². The molecule has 5 nitrogen and oxygen atoms in total. The molecule has 1 aromatic heterocycles. The van der Waals surface area contributed by atoms with Crippen molar-refractivity contribution in [2.45, 2.75) is 33.7 Å². The second kappa shape index (κ2) is 8.45. The number of anilines is 2. The van der Waals surface area contributed by atoms with Crippen LogP contribution in [0, 0.1) is 13.8 Å². The van der Waals surface area contributed by atoms with Gasteiger partial charge in [0.15, 0.2) is 0 Å². The molecule has 0 aliphatic heterocycles. The van der Waals surface area contributed by atoms with Gasteiger partial charge in [0.1, 0.15) is 0 Å². The molecule has 5 heteroatoms. The van der Waals surface area contributed by atoms with Gasteiger partial charge in [-0.05, 0) is 42.5 Å². The molecule has 0 bridgehead atoms. The third-order valence-electron chi connectivity index (χ3n) is 4.59. The maximum atomic E-state index is 12.6. The molecule has 138 valence electrons. The van der Waals surface area contributed by atoms with Gasteiger partial charge in [-0.15, -0.1) is 0 Å². The Kier molecular flexibility index (Phi) is 5.81. The van der Waals surface area contributed by atoms with Crippen molar-refractivity contribution in [2.75, 3.05) is 10.6 Å². The lowest BCUT2D eigenvalue weighted by Crippen LogP contribution is -2.15. The summed E-state index contributed by atoms with van der Waals surface area (Å²) in [5.41, 5.74) is 5.86. The molecule has 2 N–H and O–H groups in total. The third kappa shape index (κ3) is 4.50. The van der Waals surface area contributed by atoms with Crippen LogP contribution in [0.3, 0.4) is 0 Å². The molecule has 1 amide bonds. The second-order valence-corrected chi connectivity index (χ2v) is 6.49. The van der Waals surface area contributed by atoms with E-state index in [0.29, 0.717) is 18.1 Å². The fourth-order valence-corrected chi connectivity index (χ4v) is 2.91. The fourth-order valence-electron chi connectivity index (χ4n) is 2.91. The van der Waals surface area contributed by atoms with Crippen LogP contribution in [0.4, 0.5) is 11.6 Å². The number of carbonyl (C=O) groups is 1. The van der Waals surface area contributed by atoms with E-state index in [1.165, 1.54) is 11.1 Å². The fraction of sp³-hybridized carbons (Fsp3) is 0.227. The van der Waals surface area contributed by atoms with Crippen LogP contribution in [0.5, 0.6) is 0 Å². The Morgan fingerprint density at radius 1 is 0.926 bits per heavy atom. The van der Waals surface area contributed by atoms with Crippen molar-refractivity contribution in [1.82, 2.24) is 9.97 Å². The van der Waals surface area contributed by atoms with Gasteiger partial charge in [-0.25, -0.2) is 9.97 Å². The molecule has 0 saturated heterocycles. The predicted octanol–water partition coefficient (Wildman–Crippen LogP) is 4.52. The minimum Gasteiger partial charge on any atom is -0.350 e. The zero-order valence-electron chi connectivity index (χ0n) is 15.9. The van der Waals surface area contributed by atoms with E-state index < -0.39 is 0 Å². The molecule has 0 fully saturated rings. The van der Waals surface area contributed by atoms with E-state index in [4.69, 9.17) is 0 Å². The van der Waals surface area contributed by atoms with Gasteiger partial charge in [0, 0.05) is 24.6 Å². The van der Waals surface area contributed by atoms with Crippen LogP contribution in [0.2, 0.25) is 0 Å². The van der Waals surface area contributed by atoms with Gasteiger partial charge in [0.2, 0.25) is 5.95 Å². The highest BCUT2D eigenvalue weighted by Gasteiger charge is 2.11. The molecule has 2 aromatic carbocycles. The summed E-state index contributed by atoms with van der Waals surface area (Å²) in [6, 6.07) is 14.2. The zero-order chi connectivity index (χ0) is 19.2. The molecule has 0 aliphatic rings. The van der Waals surface area contributed by atoms with Gasteiger partial charge >= 0.3 is 0 Å². The lowest BCUT2D eigenvalue weighted by Gasteiger charge is -2.13. The Bertz CT molecular complexity index is 935. The number of hydrogen-bond donors (Lipinski definition) is 2. The molecular formula is C22H24N4O. The molecule has 0 unspecified atom stereocenters. The number of aromatic nitrogens is 2. The summed E-state index contributed by atoms with van der Waals surface area (Å²) < 4.78 is 0. The number of aryl methyl sites for hydroxylation is 3. The number of amides is 1. The van der Waals surface area contributed by atoms with Crippen LogP contribution in [0.1, 0.15) is 39.5 Å². The lowest BCUT2D eigenvalue weighted by molar-refractivity contribution is 0.102. The van der Waals surface area contributed by atoms with Crippen LogP contribution >= 0.6 is 0 Å². The van der Waals surface area contributed by atoms with E-state index in [2.05, 4.69) is 46.6 Å². The normalized spacial score (nSPS) is 10.5. The summed E-state index contributed by atoms with van der Waals surface area (Å²) in [5.74, 6) is 0.296. The van der Waals surface area contributed by atoms with E-state index in [1.54, 1.807) is 12.4 Å². The highest BCUT2D eigenvalue weighted by molar-refractivity contribution is 6.04. The molecule has 0 radical (unpaired) electrons. The Balaban J connectivity index is 1.67. The lowest BCUT2D eigenvalue weighted by atomic mass is 10.1. The van der Waals surface area contributed by atoms with Crippen molar-refractivity contribution in [3.05, 3.63) is 82.7 Å². The summed E-state index contributed by atoms with van der Waals surface area (Å²) >= 11 is 0. The summed E-state index contributed by atoms with van der Waals surface area (Å²) in [4.78, 5) is 21.1. The predicted molar refractivity (Wildman–Crippen MR) is 109 cm³/mol. The number of hydrogen-bond acceptors (Lipinski definition) is 4. The Morgan fingerprint density at radius 3 is 2.30 bits per heavy atom. The van der Waals surface area contributed by atoms with E-state index in [-0.39, 0.29) is 5.91 Å². The Morgan fingerprint density at radius 2 is 1.59 bits per heavy atom. The van der Waals surface area contributed by atoms with Gasteiger partial charge in [-0.3, -0.25) is 4.79 Å². The van der Waals surface area contributed by atoms with E-state index in [1.807, 2.05) is 37.3 Å². The first-order valence-electron chi connectivity index (χ1n) is 9.08. The number of benzene rings is 2. The molecule has 0 saturated carbocycles. The molecule has 3 rings (SSSR count). The smallest absolute Gasteiger partial charge is 0.258 e. The van der Waals surface area contributed by atoms with Gasteiger partial charge < -0.3 is 10.6 Å². The zero-order valence-corrected chi connectivity index (χ0v) is 15.9. The average molecular weight is 360 g/mol. The van der Waals surface area contributed by atoms with Gasteiger partial charge in [-0.2, -0.15) is 0 Å². The molecule has 1 heterocycles. The Hall–Kier alpha value is -3.21. The van der Waals surface area contributed by atoms with Crippen LogP contribution in [-0.2, 0) is 13.0 Å². The summed E-state index contributed by atoms with van der Waals surface area (Å²) in [7, 11) is 0. The number of para-hydroxylation sites is 1. The quantitative estimate of drug-likeness (QED) is 0.678. The van der Waals surface area contributed by atoms with Crippen LogP contribution < -0.4 is 10.6 Å². The first kappa shape index (κ1) is 18.6. The van der Waals surface area contributed by atoms with Crippen molar-refractivity contribution in [3.63, 3.8) is 0 Å². The van der Waals surface area contributed by atoms with Crippen LogP contribution in [-0.4, -0.2) is 15.9 Å². The largest absolute Gasteiger partial charge is 0.350 e. The van der Waals surface area contributed by atoms with Crippen LogP contribution in [0.15, 0.2) is 54.9 Å². The third-order valence-corrected chi connectivity index (χ3v) is 4.59. The highest BCUT2D eigenvalue weighted by Crippen LogP contribution is 2.21. The monoisotopic (exact) mass is 360 g/mol. The summed E-state index contributed by atoms with van der Waals surface area (Å²) in [5, 5.41) is 6.18. The van der Waals surface area contributed by atoms with Gasteiger partial charge in [0.05, 0.1) is 5.56 Å². The van der Waals surface area contributed by atoms with E-state index in [9.17, 15) is 4.79 Å². The number of nitrogens with one attached hydrogen (secondary N) is 2. The molecular weight excluding hydrogens is 336 g/mol. The average Bonchev–Trinajstić information content (AvgIpc) is 2.69. The van der Waals surface area contributed by atoms with E-state index >= 15 is 0 Å². The van der Waals surface area contributed by atoms with Crippen molar-refractivity contribution in [2.24, 2.45) is 0 Å². The Labute approximate surface area is 159 Å². The first-order chi connectivity index (χ1) is 13.1. The number of nitrogens with zero attached hydrogens (tertiary/aromatic N) is 2. The maximum absolute atomic E-state index is 12.6. The standard InChI is InChI=1S/C22H24N4O/c1-4-17-11-7-9-16(3)20(17)26-21(27)19-13-24-22(25-14-19)23-12-18-10-6-5-8-15(18)2/h5-11,13-14H,4,12H2,1-3H3,(H,26,27)(H,23,24,25). The molecule has 3 aromatic rings. The first-order valence-corrected chi connectivity index (χ1v) is 9.08. The van der Waals surface area contributed by atoms with Gasteiger partial charge in [0.25, 0.3) is 5.91 Å². The molecule has 0 atom stereocenters. The van der Waals surface area contributed by atoms with Gasteiger partial charge in [-0.1, -0.05) is 49.4 Å². The van der Waals surface area contributed by atoms with Crippen molar-refractivity contribution in [1.29, 1.82) is 0 Å². The maximum Gasteiger partial charge on any atom is 0.258 e. The SMILES string of the molecule is CCc1cccc(C)c1NC(=O)c1cnc(NCc2ccccc2C)nc1. The minimum atomic E-state index is -0.204. The topological polar surface area (TPSA) is 66.9 Å². The number of carbonyl (C=O) groups excluding carboxylic acids is 1. The van der Waals surface area contributed by atoms with Crippen molar-refractivity contribution in [3.8, 4) is 0 Å². The second-order valence-electron chi connectivity index (χ2n) is 6.49. The van der Waals surface area contributed by atoms with Crippen molar-refractivity contribution >= 4 is 17.5 Å². The van der Waals surface area contributed by atoms with E-state index in [0.717, 1.165) is 23.2 Å².